The van der Waals surface area contributed by atoms with Crippen LogP contribution in [0.1, 0.15) is 37.0 Å². The van der Waals surface area contributed by atoms with Gasteiger partial charge in [-0.2, -0.15) is 0 Å². The van der Waals surface area contributed by atoms with E-state index in [0.29, 0.717) is 18.7 Å². The first kappa shape index (κ1) is 20.9. The summed E-state index contributed by atoms with van der Waals surface area (Å²) in [5.41, 5.74) is 6.47. The fraction of sp³-hybridized carbons (Fsp3) is 0.550. The SMILES string of the molecule is CC(C)[C@H](N)C(=O)NCC(=O)N(C)C1CCN(C(=O)c2ccccc2)CC1. The van der Waals surface area contributed by atoms with E-state index in [9.17, 15) is 14.4 Å². The van der Waals surface area contributed by atoms with Gasteiger partial charge in [-0.1, -0.05) is 32.0 Å². The van der Waals surface area contributed by atoms with E-state index in [1.54, 1.807) is 11.9 Å². The Balaban J connectivity index is 1.80. The van der Waals surface area contributed by atoms with Gasteiger partial charge in [0, 0.05) is 31.7 Å². The zero-order chi connectivity index (χ0) is 20.0. The van der Waals surface area contributed by atoms with Gasteiger partial charge in [0.05, 0.1) is 12.6 Å². The number of likely N-dealkylation sites (N-methyl/N-ethyl adjacent to an activating group) is 1. The fourth-order valence-corrected chi connectivity index (χ4v) is 3.13. The molecule has 0 aliphatic carbocycles. The largest absolute Gasteiger partial charge is 0.346 e. The summed E-state index contributed by atoms with van der Waals surface area (Å²) < 4.78 is 0. The number of hydrogen-bond donors (Lipinski definition) is 2. The first-order valence-corrected chi connectivity index (χ1v) is 9.44. The van der Waals surface area contributed by atoms with Gasteiger partial charge in [-0.25, -0.2) is 0 Å². The molecule has 148 valence electrons. The van der Waals surface area contributed by atoms with Gasteiger partial charge >= 0.3 is 0 Å². The van der Waals surface area contributed by atoms with Crippen molar-refractivity contribution in [2.45, 2.75) is 38.8 Å². The summed E-state index contributed by atoms with van der Waals surface area (Å²) in [6, 6.07) is 8.67. The number of amides is 3. The zero-order valence-corrected chi connectivity index (χ0v) is 16.4. The maximum absolute atomic E-state index is 12.5. The standard InChI is InChI=1S/C20H30N4O3/c1-14(2)18(21)19(26)22-13-17(25)23(3)16-9-11-24(12-10-16)20(27)15-7-5-4-6-8-15/h4-8,14,16,18H,9-13,21H2,1-3H3,(H,22,26)/t18-/m0/s1. The third-order valence-electron chi connectivity index (χ3n) is 5.15. The highest BCUT2D eigenvalue weighted by Gasteiger charge is 2.28. The lowest BCUT2D eigenvalue weighted by Crippen LogP contribution is -2.51. The normalized spacial score (nSPS) is 16.1. The topological polar surface area (TPSA) is 95.7 Å². The molecule has 3 amide bonds. The molecule has 1 aromatic rings. The fourth-order valence-electron chi connectivity index (χ4n) is 3.13. The van der Waals surface area contributed by atoms with Gasteiger partial charge < -0.3 is 20.9 Å². The van der Waals surface area contributed by atoms with Gasteiger partial charge in [0.25, 0.3) is 5.91 Å². The molecule has 0 radical (unpaired) electrons. The second kappa shape index (κ2) is 9.50. The van der Waals surface area contributed by atoms with Gasteiger partial charge in [0.2, 0.25) is 11.8 Å². The number of carbonyl (C=O) groups is 3. The predicted molar refractivity (Wildman–Crippen MR) is 104 cm³/mol. The molecule has 1 atom stereocenters. The smallest absolute Gasteiger partial charge is 0.253 e. The summed E-state index contributed by atoms with van der Waals surface area (Å²) >= 11 is 0. The van der Waals surface area contributed by atoms with Crippen molar-refractivity contribution in [3.8, 4) is 0 Å². The van der Waals surface area contributed by atoms with Gasteiger partial charge in [-0.3, -0.25) is 14.4 Å². The molecular formula is C20H30N4O3. The number of rotatable bonds is 6. The molecule has 1 aromatic carbocycles. The van der Waals surface area contributed by atoms with Crippen LogP contribution in [0.5, 0.6) is 0 Å². The molecule has 7 heteroatoms. The molecule has 1 fully saturated rings. The van der Waals surface area contributed by atoms with Crippen LogP contribution in [-0.2, 0) is 9.59 Å². The highest BCUT2D eigenvalue weighted by molar-refractivity contribution is 5.94. The van der Waals surface area contributed by atoms with Gasteiger partial charge in [-0.15, -0.1) is 0 Å². The van der Waals surface area contributed by atoms with Gasteiger partial charge in [-0.05, 0) is 30.9 Å². The second-order valence-electron chi connectivity index (χ2n) is 7.38. The van der Waals surface area contributed by atoms with Crippen LogP contribution < -0.4 is 11.1 Å². The molecule has 1 aliphatic rings. The summed E-state index contributed by atoms with van der Waals surface area (Å²) in [5.74, 6) is -0.413. The Hall–Kier alpha value is -2.41. The summed E-state index contributed by atoms with van der Waals surface area (Å²) in [4.78, 5) is 40.2. The van der Waals surface area contributed by atoms with Crippen LogP contribution in [-0.4, -0.2) is 66.3 Å². The number of likely N-dealkylation sites (tertiary alicyclic amines) is 1. The van der Waals surface area contributed by atoms with E-state index in [1.807, 2.05) is 49.1 Å². The van der Waals surface area contributed by atoms with Crippen molar-refractivity contribution in [2.75, 3.05) is 26.7 Å². The highest BCUT2D eigenvalue weighted by atomic mass is 16.2. The molecule has 1 aliphatic heterocycles. The maximum Gasteiger partial charge on any atom is 0.253 e. The number of hydrogen-bond acceptors (Lipinski definition) is 4. The summed E-state index contributed by atoms with van der Waals surface area (Å²) in [7, 11) is 1.75. The van der Waals surface area contributed by atoms with Crippen molar-refractivity contribution in [3.63, 3.8) is 0 Å². The molecule has 0 unspecified atom stereocenters. The number of benzene rings is 1. The number of piperidine rings is 1. The lowest BCUT2D eigenvalue weighted by atomic mass is 10.0. The van der Waals surface area contributed by atoms with E-state index in [2.05, 4.69) is 5.32 Å². The average Bonchev–Trinajstić information content (AvgIpc) is 2.70. The molecule has 0 saturated carbocycles. The summed E-state index contributed by atoms with van der Waals surface area (Å²) in [6.07, 6.45) is 1.44. The molecule has 3 N–H and O–H groups in total. The molecule has 1 saturated heterocycles. The second-order valence-corrected chi connectivity index (χ2v) is 7.38. The first-order valence-electron chi connectivity index (χ1n) is 9.44. The summed E-state index contributed by atoms with van der Waals surface area (Å²) in [6.45, 7) is 4.89. The molecule has 0 aromatic heterocycles. The van der Waals surface area contributed by atoms with Crippen LogP contribution >= 0.6 is 0 Å². The number of nitrogens with zero attached hydrogens (tertiary/aromatic N) is 2. The van der Waals surface area contributed by atoms with Crippen molar-refractivity contribution in [1.82, 2.24) is 15.1 Å². The minimum absolute atomic E-state index is 0.0179. The highest BCUT2D eigenvalue weighted by Crippen LogP contribution is 2.17. The molecule has 1 heterocycles. The lowest BCUT2D eigenvalue weighted by Gasteiger charge is -2.37. The van der Waals surface area contributed by atoms with Gasteiger partial charge in [0.15, 0.2) is 0 Å². The molecule has 2 rings (SSSR count). The van der Waals surface area contributed by atoms with Crippen LogP contribution in [0.2, 0.25) is 0 Å². The van der Waals surface area contributed by atoms with Crippen molar-refractivity contribution in [1.29, 1.82) is 0 Å². The van der Waals surface area contributed by atoms with Crippen LogP contribution in [0.3, 0.4) is 0 Å². The molecule has 0 bridgehead atoms. The Morgan fingerprint density at radius 2 is 1.78 bits per heavy atom. The molecule has 7 nitrogen and oxygen atoms in total. The predicted octanol–water partition coefficient (Wildman–Crippen LogP) is 0.849. The third kappa shape index (κ3) is 5.53. The van der Waals surface area contributed by atoms with E-state index in [1.165, 1.54) is 0 Å². The average molecular weight is 374 g/mol. The summed E-state index contributed by atoms with van der Waals surface area (Å²) in [5, 5.41) is 2.61. The van der Waals surface area contributed by atoms with E-state index in [0.717, 1.165) is 12.8 Å². The number of carbonyl (C=O) groups excluding carboxylic acids is 3. The molecule has 0 spiro atoms. The monoisotopic (exact) mass is 374 g/mol. The van der Waals surface area contributed by atoms with Gasteiger partial charge in [0.1, 0.15) is 0 Å². The van der Waals surface area contributed by atoms with Crippen molar-refractivity contribution in [3.05, 3.63) is 35.9 Å². The zero-order valence-electron chi connectivity index (χ0n) is 16.4. The molecule has 27 heavy (non-hydrogen) atoms. The van der Waals surface area contributed by atoms with Crippen LogP contribution in [0.15, 0.2) is 30.3 Å². The quantitative estimate of drug-likeness (QED) is 0.772. The minimum atomic E-state index is -0.615. The third-order valence-corrected chi connectivity index (χ3v) is 5.15. The van der Waals surface area contributed by atoms with Crippen LogP contribution in [0.25, 0.3) is 0 Å². The van der Waals surface area contributed by atoms with Crippen molar-refractivity contribution in [2.24, 2.45) is 11.7 Å². The van der Waals surface area contributed by atoms with E-state index in [-0.39, 0.29) is 36.2 Å². The van der Waals surface area contributed by atoms with Crippen molar-refractivity contribution >= 4 is 17.7 Å². The first-order chi connectivity index (χ1) is 12.8. The lowest BCUT2D eigenvalue weighted by molar-refractivity contribution is -0.134. The molecular weight excluding hydrogens is 344 g/mol. The minimum Gasteiger partial charge on any atom is -0.346 e. The van der Waals surface area contributed by atoms with Crippen molar-refractivity contribution < 1.29 is 14.4 Å². The Kier molecular flexibility index (Phi) is 7.36. The maximum atomic E-state index is 12.5. The number of nitrogens with one attached hydrogen (secondary N) is 1. The van der Waals surface area contributed by atoms with Crippen LogP contribution in [0.4, 0.5) is 0 Å². The Morgan fingerprint density at radius 3 is 2.33 bits per heavy atom. The Bertz CT molecular complexity index is 654. The van der Waals surface area contributed by atoms with E-state index in [4.69, 9.17) is 5.73 Å². The van der Waals surface area contributed by atoms with E-state index >= 15 is 0 Å². The van der Waals surface area contributed by atoms with Crippen LogP contribution in [0, 0.1) is 5.92 Å². The number of nitrogens with two attached hydrogens (primary N) is 1. The Labute approximate surface area is 160 Å². The Morgan fingerprint density at radius 1 is 1.19 bits per heavy atom. The van der Waals surface area contributed by atoms with E-state index < -0.39 is 6.04 Å².